The van der Waals surface area contributed by atoms with E-state index >= 15 is 0 Å². The maximum Gasteiger partial charge on any atom is 0.240 e. The van der Waals surface area contributed by atoms with Gasteiger partial charge in [-0.15, -0.1) is 0 Å². The van der Waals surface area contributed by atoms with E-state index < -0.39 is 10.0 Å². The van der Waals surface area contributed by atoms with Crippen molar-refractivity contribution in [3.63, 3.8) is 0 Å². The Bertz CT molecular complexity index is 862. The Morgan fingerprint density at radius 3 is 2.71 bits per heavy atom. The van der Waals surface area contributed by atoms with Crippen molar-refractivity contribution in [1.29, 1.82) is 0 Å². The number of para-hydroxylation sites is 1. The molecule has 1 aliphatic heterocycles. The van der Waals surface area contributed by atoms with Gasteiger partial charge in [0.15, 0.2) is 0 Å². The molecule has 0 bridgehead atoms. The van der Waals surface area contributed by atoms with Gasteiger partial charge in [-0.25, -0.2) is 13.1 Å². The molecule has 0 saturated heterocycles. The van der Waals surface area contributed by atoms with Gasteiger partial charge in [-0.3, -0.25) is 4.79 Å². The van der Waals surface area contributed by atoms with E-state index in [1.54, 1.807) is 16.4 Å². The summed E-state index contributed by atoms with van der Waals surface area (Å²) in [4.78, 5) is 12.3. The van der Waals surface area contributed by atoms with Crippen LogP contribution in [-0.2, 0) is 26.3 Å². The summed E-state index contributed by atoms with van der Waals surface area (Å²) in [5, 5.41) is 7.43. The van der Waals surface area contributed by atoms with Gasteiger partial charge in [-0.05, 0) is 12.1 Å². The molecule has 128 valence electrons. The molecule has 2 heterocycles. The minimum atomic E-state index is -3.40. The molecular formula is C15H18N4O3S2. The molecule has 0 unspecified atom stereocenters. The fourth-order valence-corrected chi connectivity index (χ4v) is 3.78. The first-order chi connectivity index (χ1) is 11.4. The number of sulfonamides is 1. The molecule has 0 spiro atoms. The molecule has 2 aromatic rings. The maximum atomic E-state index is 12.3. The Labute approximate surface area is 145 Å². The van der Waals surface area contributed by atoms with Crippen LogP contribution in [-0.4, -0.2) is 48.3 Å². The minimum Gasteiger partial charge on any atom is -0.309 e. The fourth-order valence-electron chi connectivity index (χ4n) is 2.39. The van der Waals surface area contributed by atoms with Crippen LogP contribution in [0.1, 0.15) is 11.3 Å². The zero-order valence-electron chi connectivity index (χ0n) is 13.4. The van der Waals surface area contributed by atoms with Gasteiger partial charge < -0.3 is 5.32 Å². The van der Waals surface area contributed by atoms with Crippen LogP contribution in [0.25, 0.3) is 5.69 Å². The summed E-state index contributed by atoms with van der Waals surface area (Å²) in [6, 6.07) is 9.54. The Kier molecular flexibility index (Phi) is 4.66. The summed E-state index contributed by atoms with van der Waals surface area (Å²) in [6.07, 6.45) is 1.07. The van der Waals surface area contributed by atoms with Gasteiger partial charge in [0.05, 0.1) is 24.2 Å². The number of rotatable bonds is 5. The number of hydrogen-bond acceptors (Lipinski definition) is 5. The molecule has 1 aromatic carbocycles. The number of benzene rings is 1. The lowest BCUT2D eigenvalue weighted by molar-refractivity contribution is -0.116. The van der Waals surface area contributed by atoms with Crippen LogP contribution in [0.3, 0.4) is 0 Å². The van der Waals surface area contributed by atoms with Crippen molar-refractivity contribution in [3.8, 4) is 5.69 Å². The van der Waals surface area contributed by atoms with E-state index in [4.69, 9.17) is 0 Å². The average molecular weight is 366 g/mol. The monoisotopic (exact) mass is 366 g/mol. The van der Waals surface area contributed by atoms with E-state index in [9.17, 15) is 13.2 Å². The summed E-state index contributed by atoms with van der Waals surface area (Å²) >= 11 is 1.74. The zero-order chi connectivity index (χ0) is 17.3. The second-order valence-corrected chi connectivity index (χ2v) is 8.66. The molecule has 3 rings (SSSR count). The van der Waals surface area contributed by atoms with Crippen LogP contribution in [0.15, 0.2) is 30.3 Å². The lowest BCUT2D eigenvalue weighted by Crippen LogP contribution is -2.34. The lowest BCUT2D eigenvalue weighted by Gasteiger charge is -2.15. The van der Waals surface area contributed by atoms with Gasteiger partial charge in [0, 0.05) is 24.1 Å². The normalized spacial score (nSPS) is 14.0. The van der Waals surface area contributed by atoms with E-state index in [0.717, 1.165) is 39.0 Å². The van der Waals surface area contributed by atoms with E-state index in [0.29, 0.717) is 5.82 Å². The van der Waals surface area contributed by atoms with E-state index in [1.807, 2.05) is 30.3 Å². The summed E-state index contributed by atoms with van der Waals surface area (Å²) in [5.74, 6) is 1.81. The Balaban J connectivity index is 1.89. The van der Waals surface area contributed by atoms with Crippen molar-refractivity contribution < 1.29 is 13.2 Å². The van der Waals surface area contributed by atoms with Crippen LogP contribution in [0, 0.1) is 0 Å². The van der Waals surface area contributed by atoms with Crippen LogP contribution in [0.2, 0.25) is 0 Å². The summed E-state index contributed by atoms with van der Waals surface area (Å²) in [7, 11) is -2.03. The fraction of sp³-hybridized carbons (Fsp3) is 0.333. The number of carbonyl (C=O) groups excluding carboxylic acids is 1. The summed E-state index contributed by atoms with van der Waals surface area (Å²) < 4.78 is 25.7. The molecule has 1 amide bonds. The number of thioether (sulfide) groups is 1. The molecule has 1 N–H and O–H groups in total. The van der Waals surface area contributed by atoms with Gasteiger partial charge in [-0.2, -0.15) is 21.2 Å². The van der Waals surface area contributed by atoms with Crippen LogP contribution >= 0.6 is 11.8 Å². The maximum absolute atomic E-state index is 12.3. The third-order valence-corrected chi connectivity index (χ3v) is 5.97. The number of fused-ring (bicyclic) bond motifs is 1. The minimum absolute atomic E-state index is 0.235. The number of nitrogens with zero attached hydrogens (tertiary/aromatic N) is 3. The standard InChI is InChI=1S/C15H18N4O3S2/c1-18(24(2,21)22)8-14(20)16-15-12-9-23-10-13(12)17-19(15)11-6-4-3-5-7-11/h3-7H,8-10H2,1-2H3,(H,16,20). The SMILES string of the molecule is CN(CC(=O)Nc1c2c(nn1-c1ccccc1)CSC2)S(C)(=O)=O. The first kappa shape index (κ1) is 17.0. The molecule has 1 aliphatic rings. The lowest BCUT2D eigenvalue weighted by atomic mass is 10.2. The number of likely N-dealkylation sites (N-methyl/N-ethyl adjacent to an activating group) is 1. The summed E-state index contributed by atoms with van der Waals surface area (Å²) in [6.45, 7) is -0.235. The second-order valence-electron chi connectivity index (χ2n) is 5.58. The highest BCUT2D eigenvalue weighted by atomic mass is 32.2. The average Bonchev–Trinajstić information content (AvgIpc) is 3.10. The third kappa shape index (κ3) is 3.47. The molecule has 0 atom stereocenters. The highest BCUT2D eigenvalue weighted by molar-refractivity contribution is 7.98. The van der Waals surface area contributed by atoms with Gasteiger partial charge in [0.2, 0.25) is 15.9 Å². The van der Waals surface area contributed by atoms with Gasteiger partial charge >= 0.3 is 0 Å². The van der Waals surface area contributed by atoms with E-state index in [2.05, 4.69) is 10.4 Å². The number of carbonyl (C=O) groups is 1. The first-order valence-electron chi connectivity index (χ1n) is 7.31. The van der Waals surface area contributed by atoms with E-state index in [1.165, 1.54) is 7.05 Å². The number of amides is 1. The van der Waals surface area contributed by atoms with Crippen LogP contribution < -0.4 is 5.32 Å². The third-order valence-electron chi connectivity index (χ3n) is 3.74. The molecule has 9 heteroatoms. The van der Waals surface area contributed by atoms with Crippen molar-refractivity contribution in [3.05, 3.63) is 41.6 Å². The van der Waals surface area contributed by atoms with Gasteiger partial charge in [-0.1, -0.05) is 18.2 Å². The number of nitrogens with one attached hydrogen (secondary N) is 1. The highest BCUT2D eigenvalue weighted by Gasteiger charge is 2.25. The molecular weight excluding hydrogens is 348 g/mol. The van der Waals surface area contributed by atoms with Crippen LogP contribution in [0.4, 0.5) is 5.82 Å². The number of aromatic nitrogens is 2. The highest BCUT2D eigenvalue weighted by Crippen LogP contribution is 2.35. The molecule has 0 radical (unpaired) electrons. The van der Waals surface area contributed by atoms with Crippen molar-refractivity contribution in [2.45, 2.75) is 11.5 Å². The molecule has 0 fully saturated rings. The second kappa shape index (κ2) is 6.58. The first-order valence-corrected chi connectivity index (χ1v) is 10.3. The molecule has 0 saturated carbocycles. The van der Waals surface area contributed by atoms with Gasteiger partial charge in [0.1, 0.15) is 5.82 Å². The molecule has 24 heavy (non-hydrogen) atoms. The molecule has 1 aromatic heterocycles. The molecule has 0 aliphatic carbocycles. The predicted molar refractivity (Wildman–Crippen MR) is 94.7 cm³/mol. The van der Waals surface area contributed by atoms with Crippen molar-refractivity contribution in [1.82, 2.24) is 14.1 Å². The molecule has 7 nitrogen and oxygen atoms in total. The number of hydrogen-bond donors (Lipinski definition) is 1. The van der Waals surface area contributed by atoms with E-state index in [-0.39, 0.29) is 12.5 Å². The zero-order valence-corrected chi connectivity index (χ0v) is 15.0. The smallest absolute Gasteiger partial charge is 0.240 e. The van der Waals surface area contributed by atoms with Gasteiger partial charge in [0.25, 0.3) is 0 Å². The summed E-state index contributed by atoms with van der Waals surface area (Å²) in [5.41, 5.74) is 2.80. The Morgan fingerprint density at radius 1 is 1.33 bits per heavy atom. The van der Waals surface area contributed by atoms with Crippen molar-refractivity contribution >= 4 is 33.5 Å². The quantitative estimate of drug-likeness (QED) is 0.866. The largest absolute Gasteiger partial charge is 0.309 e. The number of anilines is 1. The van der Waals surface area contributed by atoms with Crippen molar-refractivity contribution in [2.75, 3.05) is 25.2 Å². The predicted octanol–water partition coefficient (Wildman–Crippen LogP) is 1.45. The Hall–Kier alpha value is -1.84. The Morgan fingerprint density at radius 2 is 2.04 bits per heavy atom. The topological polar surface area (TPSA) is 84.3 Å². The van der Waals surface area contributed by atoms with Crippen molar-refractivity contribution in [2.24, 2.45) is 0 Å². The van der Waals surface area contributed by atoms with Crippen LogP contribution in [0.5, 0.6) is 0 Å².